The zero-order chi connectivity index (χ0) is 16.2. The highest BCUT2D eigenvalue weighted by atomic mass is 35.5. The van der Waals surface area contributed by atoms with E-state index in [1.165, 1.54) is 0 Å². The maximum atomic E-state index is 13.1. The molecule has 0 radical (unpaired) electrons. The van der Waals surface area contributed by atoms with Crippen molar-refractivity contribution in [3.63, 3.8) is 0 Å². The maximum absolute atomic E-state index is 13.1. The standard InChI is InChI=1S/C17H13ClN2O2S/c1-20-13-8-3-2-7-12(13)17(15(20)21)14(22-16(23)19-17)10-5-4-6-11(18)9-10/h2-9,14H,1H3,(H,19,23)/t14-,17-/m0/s1. The molecule has 1 saturated heterocycles. The first-order valence-corrected chi connectivity index (χ1v) is 7.94. The topological polar surface area (TPSA) is 41.6 Å². The molecule has 2 heterocycles. The summed E-state index contributed by atoms with van der Waals surface area (Å²) >= 11 is 11.3. The quantitative estimate of drug-likeness (QED) is 0.807. The summed E-state index contributed by atoms with van der Waals surface area (Å²) in [5, 5.41) is 3.91. The summed E-state index contributed by atoms with van der Waals surface area (Å²) in [6, 6.07) is 15.0. The van der Waals surface area contributed by atoms with Crippen molar-refractivity contribution in [3.05, 3.63) is 64.7 Å². The fraction of sp³-hybridized carbons (Fsp3) is 0.176. The molecule has 2 aromatic carbocycles. The normalized spacial score (nSPS) is 25.5. The highest BCUT2D eigenvalue weighted by Crippen LogP contribution is 2.51. The van der Waals surface area contributed by atoms with Crippen LogP contribution in [0.1, 0.15) is 17.2 Å². The van der Waals surface area contributed by atoms with Gasteiger partial charge in [0.05, 0.1) is 0 Å². The number of amides is 1. The predicted molar refractivity (Wildman–Crippen MR) is 92.5 cm³/mol. The number of carbonyl (C=O) groups is 1. The van der Waals surface area contributed by atoms with Gasteiger partial charge in [-0.1, -0.05) is 41.9 Å². The number of anilines is 1. The molecule has 23 heavy (non-hydrogen) atoms. The van der Waals surface area contributed by atoms with Gasteiger partial charge in [0.2, 0.25) is 0 Å². The summed E-state index contributed by atoms with van der Waals surface area (Å²) in [6.45, 7) is 0. The molecule has 4 rings (SSSR count). The Bertz CT molecular complexity index is 841. The lowest BCUT2D eigenvalue weighted by molar-refractivity contribution is -0.125. The number of nitrogens with one attached hydrogen (secondary N) is 1. The number of rotatable bonds is 1. The van der Waals surface area contributed by atoms with Crippen molar-refractivity contribution >= 4 is 40.6 Å². The first-order valence-electron chi connectivity index (χ1n) is 7.16. The predicted octanol–water partition coefficient (Wildman–Crippen LogP) is 3.16. The third-order valence-electron chi connectivity index (χ3n) is 4.40. The molecule has 2 aliphatic rings. The number of fused-ring (bicyclic) bond motifs is 2. The minimum Gasteiger partial charge on any atom is -0.459 e. The van der Waals surface area contributed by atoms with Crippen LogP contribution in [-0.2, 0) is 15.1 Å². The maximum Gasteiger partial charge on any atom is 0.261 e. The minimum atomic E-state index is -1.05. The van der Waals surface area contributed by atoms with Crippen molar-refractivity contribution in [1.29, 1.82) is 0 Å². The van der Waals surface area contributed by atoms with E-state index in [-0.39, 0.29) is 11.1 Å². The largest absolute Gasteiger partial charge is 0.459 e. The first kappa shape index (κ1) is 14.5. The van der Waals surface area contributed by atoms with Crippen LogP contribution in [0.4, 0.5) is 5.69 Å². The van der Waals surface area contributed by atoms with E-state index in [0.29, 0.717) is 5.02 Å². The van der Waals surface area contributed by atoms with Crippen LogP contribution in [0.2, 0.25) is 5.02 Å². The van der Waals surface area contributed by atoms with Crippen molar-refractivity contribution in [2.75, 3.05) is 11.9 Å². The summed E-state index contributed by atoms with van der Waals surface area (Å²) < 4.78 is 5.83. The molecular weight excluding hydrogens is 332 g/mol. The van der Waals surface area contributed by atoms with Crippen LogP contribution in [0.3, 0.4) is 0 Å². The Morgan fingerprint density at radius 1 is 1.26 bits per heavy atom. The molecule has 0 saturated carbocycles. The van der Waals surface area contributed by atoms with Gasteiger partial charge in [0, 0.05) is 23.3 Å². The second-order valence-electron chi connectivity index (χ2n) is 5.65. The highest BCUT2D eigenvalue weighted by molar-refractivity contribution is 7.80. The van der Waals surface area contributed by atoms with Gasteiger partial charge in [0.15, 0.2) is 11.6 Å². The molecule has 2 aromatic rings. The number of likely N-dealkylation sites (N-methyl/N-ethyl adjacent to an activating group) is 1. The molecule has 1 fully saturated rings. The molecule has 4 nitrogen and oxygen atoms in total. The minimum absolute atomic E-state index is 0.0940. The lowest BCUT2D eigenvalue weighted by Gasteiger charge is -2.27. The Kier molecular flexibility index (Phi) is 3.11. The van der Waals surface area contributed by atoms with Gasteiger partial charge in [0.25, 0.3) is 11.1 Å². The summed E-state index contributed by atoms with van der Waals surface area (Å²) in [5.41, 5.74) is 1.47. The number of thiocarbonyl (C=S) groups is 1. The van der Waals surface area contributed by atoms with E-state index < -0.39 is 11.6 Å². The Morgan fingerprint density at radius 2 is 2.04 bits per heavy atom. The number of benzene rings is 2. The van der Waals surface area contributed by atoms with Crippen molar-refractivity contribution in [2.45, 2.75) is 11.6 Å². The van der Waals surface area contributed by atoms with E-state index in [0.717, 1.165) is 16.8 Å². The van der Waals surface area contributed by atoms with Crippen LogP contribution in [0.5, 0.6) is 0 Å². The van der Waals surface area contributed by atoms with E-state index in [4.69, 9.17) is 28.6 Å². The van der Waals surface area contributed by atoms with Crippen molar-refractivity contribution in [3.8, 4) is 0 Å². The van der Waals surface area contributed by atoms with E-state index >= 15 is 0 Å². The molecule has 6 heteroatoms. The summed E-state index contributed by atoms with van der Waals surface area (Å²) in [6.07, 6.45) is -0.563. The Morgan fingerprint density at radius 3 is 2.83 bits per heavy atom. The van der Waals surface area contributed by atoms with Crippen LogP contribution >= 0.6 is 23.8 Å². The Hall–Kier alpha value is -2.11. The molecule has 0 aromatic heterocycles. The highest BCUT2D eigenvalue weighted by Gasteiger charge is 2.61. The number of hydrogen-bond donors (Lipinski definition) is 1. The van der Waals surface area contributed by atoms with Crippen LogP contribution in [0, 0.1) is 0 Å². The molecule has 0 aliphatic carbocycles. The summed E-state index contributed by atoms with van der Waals surface area (Å²) in [4.78, 5) is 14.7. The Labute approximate surface area is 144 Å². The van der Waals surface area contributed by atoms with E-state index in [9.17, 15) is 4.79 Å². The molecule has 116 valence electrons. The zero-order valence-electron chi connectivity index (χ0n) is 12.2. The number of para-hydroxylation sites is 1. The van der Waals surface area contributed by atoms with Crippen molar-refractivity contribution in [1.82, 2.24) is 5.32 Å². The monoisotopic (exact) mass is 344 g/mol. The second kappa shape index (κ2) is 4.94. The molecular formula is C17H13ClN2O2S. The number of carbonyl (C=O) groups excluding carboxylic acids is 1. The van der Waals surface area contributed by atoms with E-state index in [1.54, 1.807) is 24.1 Å². The molecule has 1 N–H and O–H groups in total. The first-order chi connectivity index (χ1) is 11.0. The van der Waals surface area contributed by atoms with Gasteiger partial charge < -0.3 is 15.0 Å². The molecule has 0 unspecified atom stereocenters. The molecule has 0 bridgehead atoms. The molecule has 1 amide bonds. The third kappa shape index (κ3) is 1.90. The van der Waals surface area contributed by atoms with Crippen LogP contribution < -0.4 is 10.2 Å². The van der Waals surface area contributed by atoms with Gasteiger partial charge in [-0.2, -0.15) is 0 Å². The van der Waals surface area contributed by atoms with Gasteiger partial charge in [-0.05, 0) is 36.0 Å². The van der Waals surface area contributed by atoms with E-state index in [2.05, 4.69) is 5.32 Å². The van der Waals surface area contributed by atoms with Crippen molar-refractivity contribution < 1.29 is 9.53 Å². The molecule has 1 spiro atoms. The fourth-order valence-electron chi connectivity index (χ4n) is 3.40. The van der Waals surface area contributed by atoms with Crippen LogP contribution in [-0.4, -0.2) is 18.1 Å². The van der Waals surface area contributed by atoms with Crippen LogP contribution in [0.15, 0.2) is 48.5 Å². The number of ether oxygens (including phenoxy) is 1. The SMILES string of the molecule is CN1C(=O)[C@]2(NC(=S)O[C@H]2c2cccc(Cl)c2)c2ccccc21. The number of nitrogens with zero attached hydrogens (tertiary/aromatic N) is 1. The lowest BCUT2D eigenvalue weighted by Crippen LogP contribution is -2.49. The Balaban J connectivity index is 1.95. The molecule has 2 atom stereocenters. The summed E-state index contributed by atoms with van der Waals surface area (Å²) in [5.74, 6) is -0.0940. The van der Waals surface area contributed by atoms with Gasteiger partial charge in [-0.25, -0.2) is 0 Å². The van der Waals surface area contributed by atoms with Gasteiger partial charge >= 0.3 is 0 Å². The fourth-order valence-corrected chi connectivity index (χ4v) is 3.86. The van der Waals surface area contributed by atoms with Gasteiger partial charge in [-0.15, -0.1) is 0 Å². The van der Waals surface area contributed by atoms with Crippen molar-refractivity contribution in [2.24, 2.45) is 0 Å². The molecule has 2 aliphatic heterocycles. The smallest absolute Gasteiger partial charge is 0.261 e. The zero-order valence-corrected chi connectivity index (χ0v) is 13.8. The average molecular weight is 345 g/mol. The lowest BCUT2D eigenvalue weighted by atomic mass is 9.83. The average Bonchev–Trinajstić information content (AvgIpc) is 3.00. The second-order valence-corrected chi connectivity index (χ2v) is 6.46. The van der Waals surface area contributed by atoms with E-state index in [1.807, 2.05) is 36.4 Å². The summed E-state index contributed by atoms with van der Waals surface area (Å²) in [7, 11) is 1.76. The number of halogens is 1. The van der Waals surface area contributed by atoms with Gasteiger partial charge in [0.1, 0.15) is 0 Å². The van der Waals surface area contributed by atoms with Crippen LogP contribution in [0.25, 0.3) is 0 Å². The number of hydrogen-bond acceptors (Lipinski definition) is 3. The third-order valence-corrected chi connectivity index (χ3v) is 4.83. The van der Waals surface area contributed by atoms with Gasteiger partial charge in [-0.3, -0.25) is 4.79 Å².